The first-order chi connectivity index (χ1) is 15.0. The number of fused-ring (bicyclic) bond motifs is 1. The molecule has 0 radical (unpaired) electrons. The number of hydrogen-bond donors (Lipinski definition) is 2. The van der Waals surface area contributed by atoms with Crippen molar-refractivity contribution in [1.29, 1.82) is 0 Å². The van der Waals surface area contributed by atoms with E-state index in [0.717, 1.165) is 5.56 Å². The molecule has 9 heteroatoms. The third-order valence-corrected chi connectivity index (χ3v) is 5.29. The molecule has 2 amide bonds. The van der Waals surface area contributed by atoms with Crippen LogP contribution < -0.4 is 10.6 Å². The summed E-state index contributed by atoms with van der Waals surface area (Å²) in [5, 5.41) is 14.1. The molecular weight excluding hydrogens is 417 g/mol. The number of aryl methyl sites for hydroxylation is 1. The third-order valence-electron chi connectivity index (χ3n) is 4.35. The molecule has 2 heterocycles. The lowest BCUT2D eigenvalue weighted by molar-refractivity contribution is -0.113. The van der Waals surface area contributed by atoms with E-state index < -0.39 is 5.82 Å². The van der Waals surface area contributed by atoms with E-state index in [1.807, 2.05) is 31.2 Å². The summed E-state index contributed by atoms with van der Waals surface area (Å²) in [4.78, 5) is 24.8. The number of benzene rings is 2. The molecule has 156 valence electrons. The Morgan fingerprint density at radius 1 is 1.00 bits per heavy atom. The van der Waals surface area contributed by atoms with Gasteiger partial charge in [-0.2, -0.15) is 0 Å². The largest absolute Gasteiger partial charge is 0.325 e. The van der Waals surface area contributed by atoms with Crippen molar-refractivity contribution in [2.24, 2.45) is 0 Å². The molecule has 0 bridgehead atoms. The maximum absolute atomic E-state index is 13.3. The highest BCUT2D eigenvalue weighted by Gasteiger charge is 2.13. The fourth-order valence-electron chi connectivity index (χ4n) is 2.92. The summed E-state index contributed by atoms with van der Waals surface area (Å²) in [5.74, 6) is -0.941. The van der Waals surface area contributed by atoms with Crippen LogP contribution in [-0.4, -0.2) is 32.2 Å². The maximum atomic E-state index is 13.3. The molecule has 4 aromatic rings. The molecule has 2 N–H and O–H groups in total. The average Bonchev–Trinajstić information content (AvgIpc) is 3.14. The van der Waals surface area contributed by atoms with Gasteiger partial charge < -0.3 is 10.6 Å². The van der Waals surface area contributed by atoms with E-state index in [1.54, 1.807) is 28.8 Å². The van der Waals surface area contributed by atoms with Crippen LogP contribution in [0.15, 0.2) is 72.0 Å². The second-order valence-electron chi connectivity index (χ2n) is 6.80. The van der Waals surface area contributed by atoms with Crippen molar-refractivity contribution in [3.8, 4) is 0 Å². The SMILES string of the molecule is Cc1cccc(NC(=O)c2ccc3nnc(SCC(=O)Nc4cccc(F)c4)n3c2)c1. The van der Waals surface area contributed by atoms with Gasteiger partial charge in [0.25, 0.3) is 5.91 Å². The van der Waals surface area contributed by atoms with Crippen LogP contribution in [0.4, 0.5) is 15.8 Å². The molecular formula is C22H18FN5O2S. The van der Waals surface area contributed by atoms with E-state index in [2.05, 4.69) is 20.8 Å². The van der Waals surface area contributed by atoms with Gasteiger partial charge in [-0.1, -0.05) is 30.0 Å². The van der Waals surface area contributed by atoms with Gasteiger partial charge in [-0.3, -0.25) is 14.0 Å². The zero-order valence-corrected chi connectivity index (χ0v) is 17.3. The van der Waals surface area contributed by atoms with Gasteiger partial charge in [0.15, 0.2) is 10.8 Å². The molecule has 0 spiro atoms. The van der Waals surface area contributed by atoms with Crippen molar-refractivity contribution in [2.45, 2.75) is 12.1 Å². The Morgan fingerprint density at radius 2 is 1.77 bits per heavy atom. The first-order valence-corrected chi connectivity index (χ1v) is 10.4. The van der Waals surface area contributed by atoms with Gasteiger partial charge in [0.05, 0.1) is 11.3 Å². The van der Waals surface area contributed by atoms with Crippen molar-refractivity contribution < 1.29 is 14.0 Å². The topological polar surface area (TPSA) is 88.4 Å². The molecule has 0 aliphatic rings. The second kappa shape index (κ2) is 8.97. The lowest BCUT2D eigenvalue weighted by Crippen LogP contribution is -2.14. The number of thioether (sulfide) groups is 1. The minimum atomic E-state index is -0.426. The third kappa shape index (κ3) is 5.07. The first-order valence-electron chi connectivity index (χ1n) is 9.39. The minimum Gasteiger partial charge on any atom is -0.325 e. The molecule has 2 aromatic heterocycles. The highest BCUT2D eigenvalue weighted by atomic mass is 32.2. The number of hydrogen-bond acceptors (Lipinski definition) is 5. The number of halogens is 1. The van der Waals surface area contributed by atoms with Gasteiger partial charge in [-0.15, -0.1) is 10.2 Å². The molecule has 0 saturated heterocycles. The van der Waals surface area contributed by atoms with Crippen LogP contribution >= 0.6 is 11.8 Å². The van der Waals surface area contributed by atoms with Gasteiger partial charge >= 0.3 is 0 Å². The molecule has 0 aliphatic carbocycles. The Kier molecular flexibility index (Phi) is 5.94. The van der Waals surface area contributed by atoms with E-state index in [4.69, 9.17) is 0 Å². The highest BCUT2D eigenvalue weighted by molar-refractivity contribution is 7.99. The van der Waals surface area contributed by atoms with E-state index in [1.165, 1.54) is 30.0 Å². The predicted molar refractivity (Wildman–Crippen MR) is 118 cm³/mol. The zero-order valence-electron chi connectivity index (χ0n) is 16.5. The van der Waals surface area contributed by atoms with Crippen molar-refractivity contribution in [3.05, 3.63) is 83.8 Å². The molecule has 0 atom stereocenters. The number of pyridine rings is 1. The summed E-state index contributed by atoms with van der Waals surface area (Å²) in [7, 11) is 0. The van der Waals surface area contributed by atoms with Crippen LogP contribution in [0, 0.1) is 12.7 Å². The van der Waals surface area contributed by atoms with Crippen LogP contribution in [0.3, 0.4) is 0 Å². The van der Waals surface area contributed by atoms with Crippen molar-refractivity contribution >= 4 is 40.6 Å². The molecule has 0 saturated carbocycles. The molecule has 0 fully saturated rings. The maximum Gasteiger partial charge on any atom is 0.257 e. The number of nitrogens with one attached hydrogen (secondary N) is 2. The highest BCUT2D eigenvalue weighted by Crippen LogP contribution is 2.19. The Balaban J connectivity index is 1.45. The number of carbonyl (C=O) groups is 2. The monoisotopic (exact) mass is 435 g/mol. The Bertz CT molecular complexity index is 1270. The summed E-state index contributed by atoms with van der Waals surface area (Å²) < 4.78 is 14.9. The normalized spacial score (nSPS) is 10.8. The summed E-state index contributed by atoms with van der Waals surface area (Å²) in [6.45, 7) is 1.95. The molecule has 0 unspecified atom stereocenters. The summed E-state index contributed by atoms with van der Waals surface area (Å²) >= 11 is 1.17. The average molecular weight is 435 g/mol. The summed E-state index contributed by atoms with van der Waals surface area (Å²) in [5.41, 5.74) is 3.12. The fourth-order valence-corrected chi connectivity index (χ4v) is 3.64. The van der Waals surface area contributed by atoms with E-state index >= 15 is 0 Å². The summed E-state index contributed by atoms with van der Waals surface area (Å²) in [6.07, 6.45) is 1.63. The van der Waals surface area contributed by atoms with E-state index in [0.29, 0.717) is 27.7 Å². The van der Waals surface area contributed by atoms with Gasteiger partial charge in [0.2, 0.25) is 5.91 Å². The fraction of sp³-hybridized carbons (Fsp3) is 0.0909. The standard InChI is InChI=1S/C22H18FN5O2S/c1-14-4-2-6-17(10-14)25-21(30)15-8-9-19-26-27-22(28(19)12-15)31-13-20(29)24-18-7-3-5-16(23)11-18/h2-12H,13H2,1H3,(H,24,29)(H,25,30). The minimum absolute atomic E-state index is 0.0526. The zero-order chi connectivity index (χ0) is 21.8. The quantitative estimate of drug-likeness (QED) is 0.444. The molecule has 2 aromatic carbocycles. The number of aromatic nitrogens is 3. The van der Waals surface area contributed by atoms with Gasteiger partial charge in [-0.25, -0.2) is 4.39 Å². The van der Waals surface area contributed by atoms with E-state index in [9.17, 15) is 14.0 Å². The van der Waals surface area contributed by atoms with Crippen LogP contribution in [0.5, 0.6) is 0 Å². The smallest absolute Gasteiger partial charge is 0.257 e. The Labute approximate surface area is 181 Å². The van der Waals surface area contributed by atoms with Crippen molar-refractivity contribution in [3.63, 3.8) is 0 Å². The number of rotatable bonds is 6. The number of carbonyl (C=O) groups excluding carboxylic acids is 2. The van der Waals surface area contributed by atoms with Crippen LogP contribution in [0.25, 0.3) is 5.65 Å². The van der Waals surface area contributed by atoms with Gasteiger partial charge in [0.1, 0.15) is 5.82 Å². The molecule has 31 heavy (non-hydrogen) atoms. The Morgan fingerprint density at radius 3 is 2.55 bits per heavy atom. The second-order valence-corrected chi connectivity index (χ2v) is 7.74. The van der Waals surface area contributed by atoms with E-state index in [-0.39, 0.29) is 17.6 Å². The summed E-state index contributed by atoms with van der Waals surface area (Å²) in [6, 6.07) is 16.6. The van der Waals surface area contributed by atoms with Crippen LogP contribution in [0.1, 0.15) is 15.9 Å². The first kappa shape index (κ1) is 20.5. The number of anilines is 2. The lowest BCUT2D eigenvalue weighted by atomic mass is 10.2. The molecule has 0 aliphatic heterocycles. The number of nitrogens with zero attached hydrogens (tertiary/aromatic N) is 3. The van der Waals surface area contributed by atoms with Crippen LogP contribution in [-0.2, 0) is 4.79 Å². The Hall–Kier alpha value is -3.72. The molecule has 4 rings (SSSR count). The van der Waals surface area contributed by atoms with Crippen molar-refractivity contribution in [1.82, 2.24) is 14.6 Å². The van der Waals surface area contributed by atoms with Gasteiger partial charge in [0, 0.05) is 17.6 Å². The predicted octanol–water partition coefficient (Wildman–Crippen LogP) is 4.16. The molecule has 7 nitrogen and oxygen atoms in total. The lowest BCUT2D eigenvalue weighted by Gasteiger charge is -2.07. The van der Waals surface area contributed by atoms with Crippen LogP contribution in [0.2, 0.25) is 0 Å². The number of amides is 2. The van der Waals surface area contributed by atoms with Gasteiger partial charge in [-0.05, 0) is 55.0 Å². The van der Waals surface area contributed by atoms with Crippen molar-refractivity contribution in [2.75, 3.05) is 16.4 Å².